The van der Waals surface area contributed by atoms with E-state index in [2.05, 4.69) is 13.8 Å². The van der Waals surface area contributed by atoms with Crippen molar-refractivity contribution in [3.05, 3.63) is 11.6 Å². The van der Waals surface area contributed by atoms with Crippen LogP contribution in [-0.4, -0.2) is 27.7 Å². The molecule has 3 unspecified atom stereocenters. The molecule has 4 rings (SSSR count). The van der Waals surface area contributed by atoms with E-state index in [4.69, 9.17) is 0 Å². The summed E-state index contributed by atoms with van der Waals surface area (Å²) in [6.07, 6.45) is 8.44. The van der Waals surface area contributed by atoms with Crippen LogP contribution in [0.15, 0.2) is 11.6 Å². The highest BCUT2D eigenvalue weighted by Crippen LogP contribution is 2.66. The Morgan fingerprint density at radius 3 is 2.55 bits per heavy atom. The first-order valence-electron chi connectivity index (χ1n) is 8.96. The van der Waals surface area contributed by atoms with Crippen molar-refractivity contribution in [2.75, 3.05) is 0 Å². The van der Waals surface area contributed by atoms with Crippen LogP contribution in [0, 0.1) is 22.7 Å². The Hall–Kier alpha value is -0.670. The van der Waals surface area contributed by atoms with E-state index in [1.807, 2.05) is 6.08 Å². The number of Topliss-reactive ketones (excluding diaryl/α,β-unsaturated/α-hetero) is 1. The van der Waals surface area contributed by atoms with Crippen molar-refractivity contribution in [3.8, 4) is 0 Å². The van der Waals surface area contributed by atoms with Crippen molar-refractivity contribution in [2.45, 2.75) is 76.9 Å². The smallest absolute Gasteiger partial charge is 0.139 e. The molecule has 3 heteroatoms. The lowest BCUT2D eigenvalue weighted by molar-refractivity contribution is -0.189. The van der Waals surface area contributed by atoms with Crippen LogP contribution in [-0.2, 0) is 4.79 Å². The second kappa shape index (κ2) is 4.45. The Morgan fingerprint density at radius 1 is 1.05 bits per heavy atom. The average molecular weight is 304 g/mol. The van der Waals surface area contributed by atoms with E-state index in [0.717, 1.165) is 44.9 Å². The number of carbonyl (C=O) groups excluding carboxylic acids is 1. The standard InChI is InChI=1S/C19H28O3/c1-17-9-10-19(22)15(14(17)5-6-16(17)21)4-3-12-11-13(20)7-8-18(12,19)2/h11,13-15,20,22H,3-10H2,1-2H3/t13?,14?,15?,17-,18-,19+/m0/s1. The molecule has 6 atom stereocenters. The van der Waals surface area contributed by atoms with Gasteiger partial charge in [0.25, 0.3) is 0 Å². The van der Waals surface area contributed by atoms with Crippen molar-refractivity contribution < 1.29 is 15.0 Å². The van der Waals surface area contributed by atoms with Crippen LogP contribution in [0.1, 0.15) is 65.2 Å². The molecule has 0 aromatic heterocycles. The summed E-state index contributed by atoms with van der Waals surface area (Å²) in [7, 11) is 0. The maximum Gasteiger partial charge on any atom is 0.139 e. The summed E-state index contributed by atoms with van der Waals surface area (Å²) < 4.78 is 0. The monoisotopic (exact) mass is 304 g/mol. The number of hydrogen-bond acceptors (Lipinski definition) is 3. The number of fused-ring (bicyclic) bond motifs is 5. The van der Waals surface area contributed by atoms with E-state index in [9.17, 15) is 15.0 Å². The van der Waals surface area contributed by atoms with Gasteiger partial charge in [0.1, 0.15) is 5.78 Å². The minimum atomic E-state index is -0.688. The Labute approximate surface area is 132 Å². The van der Waals surface area contributed by atoms with Crippen molar-refractivity contribution in [2.24, 2.45) is 22.7 Å². The van der Waals surface area contributed by atoms with Crippen molar-refractivity contribution in [1.82, 2.24) is 0 Å². The third-order valence-corrected chi connectivity index (χ3v) is 7.98. The molecule has 0 bridgehead atoms. The number of aliphatic hydroxyl groups excluding tert-OH is 1. The third kappa shape index (κ3) is 1.62. The molecule has 0 aromatic carbocycles. The Kier molecular flexibility index (Phi) is 3.01. The molecule has 4 aliphatic carbocycles. The maximum atomic E-state index is 12.4. The van der Waals surface area contributed by atoms with E-state index in [1.54, 1.807) is 0 Å². The van der Waals surface area contributed by atoms with Crippen LogP contribution in [0.4, 0.5) is 0 Å². The first kappa shape index (κ1) is 14.9. The fourth-order valence-corrected chi connectivity index (χ4v) is 6.42. The quantitative estimate of drug-likeness (QED) is 0.676. The zero-order chi connectivity index (χ0) is 15.8. The van der Waals surface area contributed by atoms with Gasteiger partial charge in [-0.25, -0.2) is 0 Å². The summed E-state index contributed by atoms with van der Waals surface area (Å²) in [5, 5.41) is 21.7. The van der Waals surface area contributed by atoms with Crippen molar-refractivity contribution in [3.63, 3.8) is 0 Å². The van der Waals surface area contributed by atoms with Crippen molar-refractivity contribution in [1.29, 1.82) is 0 Å². The van der Waals surface area contributed by atoms with Crippen LogP contribution < -0.4 is 0 Å². The topological polar surface area (TPSA) is 57.5 Å². The Balaban J connectivity index is 1.76. The van der Waals surface area contributed by atoms with Gasteiger partial charge in [0.15, 0.2) is 0 Å². The largest absolute Gasteiger partial charge is 0.389 e. The summed E-state index contributed by atoms with van der Waals surface area (Å²) in [6.45, 7) is 4.35. The predicted molar refractivity (Wildman–Crippen MR) is 84.2 cm³/mol. The summed E-state index contributed by atoms with van der Waals surface area (Å²) >= 11 is 0. The number of aliphatic hydroxyl groups is 2. The predicted octanol–water partition coefficient (Wildman–Crippen LogP) is 2.99. The highest BCUT2D eigenvalue weighted by molar-refractivity contribution is 5.87. The van der Waals surface area contributed by atoms with Gasteiger partial charge in [-0.2, -0.15) is 0 Å². The van der Waals surface area contributed by atoms with Crippen LogP contribution >= 0.6 is 0 Å². The van der Waals surface area contributed by atoms with Crippen molar-refractivity contribution >= 4 is 5.78 Å². The first-order chi connectivity index (χ1) is 10.3. The van der Waals surface area contributed by atoms with E-state index in [-0.39, 0.29) is 22.9 Å². The molecule has 0 saturated heterocycles. The minimum Gasteiger partial charge on any atom is -0.389 e. The molecular weight excluding hydrogens is 276 g/mol. The third-order valence-electron chi connectivity index (χ3n) is 7.98. The molecule has 3 fully saturated rings. The normalized spacial score (nSPS) is 54.3. The highest BCUT2D eigenvalue weighted by Gasteiger charge is 2.65. The molecule has 2 N–H and O–H groups in total. The van der Waals surface area contributed by atoms with Crippen LogP contribution in [0.3, 0.4) is 0 Å². The number of carbonyl (C=O) groups is 1. The van der Waals surface area contributed by atoms with Gasteiger partial charge < -0.3 is 10.2 Å². The average Bonchev–Trinajstić information content (AvgIpc) is 2.77. The zero-order valence-electron chi connectivity index (χ0n) is 13.8. The van der Waals surface area contributed by atoms with Crippen LogP contribution in [0.2, 0.25) is 0 Å². The van der Waals surface area contributed by atoms with Gasteiger partial charge in [0.05, 0.1) is 11.7 Å². The minimum absolute atomic E-state index is 0.192. The molecule has 0 spiro atoms. The summed E-state index contributed by atoms with van der Waals surface area (Å²) in [5.74, 6) is 1.02. The van der Waals surface area contributed by atoms with Crippen LogP contribution in [0.25, 0.3) is 0 Å². The molecule has 0 aromatic rings. The summed E-state index contributed by atoms with van der Waals surface area (Å²) in [4.78, 5) is 12.4. The van der Waals surface area contributed by atoms with Gasteiger partial charge in [0.2, 0.25) is 0 Å². The fraction of sp³-hybridized carbons (Fsp3) is 0.842. The second-order valence-electron chi connectivity index (χ2n) is 8.69. The van der Waals surface area contributed by atoms with Gasteiger partial charge in [0, 0.05) is 17.3 Å². The molecule has 3 nitrogen and oxygen atoms in total. The SMILES string of the molecule is C[C@]12CCC(O)C=C1CCC1C3CCC(=O)[C@@]3(C)CC[C@@]12O. The highest BCUT2D eigenvalue weighted by atomic mass is 16.3. The van der Waals surface area contributed by atoms with E-state index < -0.39 is 5.60 Å². The van der Waals surface area contributed by atoms with Gasteiger partial charge in [-0.15, -0.1) is 0 Å². The lowest BCUT2D eigenvalue weighted by atomic mass is 9.45. The molecular formula is C19H28O3. The van der Waals surface area contributed by atoms with E-state index in [0.29, 0.717) is 18.1 Å². The van der Waals surface area contributed by atoms with Gasteiger partial charge in [-0.3, -0.25) is 4.79 Å². The molecule has 0 heterocycles. The molecule has 22 heavy (non-hydrogen) atoms. The second-order valence-corrected chi connectivity index (χ2v) is 8.69. The summed E-state index contributed by atoms with van der Waals surface area (Å²) in [5.41, 5.74) is 0.175. The zero-order valence-corrected chi connectivity index (χ0v) is 13.8. The molecule has 3 saturated carbocycles. The maximum absolute atomic E-state index is 12.4. The number of ketones is 1. The lowest BCUT2D eigenvalue weighted by Crippen LogP contribution is -2.63. The molecule has 0 radical (unpaired) electrons. The molecule has 4 aliphatic rings. The summed E-state index contributed by atoms with van der Waals surface area (Å²) in [6, 6.07) is 0. The first-order valence-corrected chi connectivity index (χ1v) is 8.96. The lowest BCUT2D eigenvalue weighted by Gasteiger charge is -2.62. The number of rotatable bonds is 0. The van der Waals surface area contributed by atoms with Gasteiger partial charge >= 0.3 is 0 Å². The van der Waals surface area contributed by atoms with Gasteiger partial charge in [-0.1, -0.05) is 25.5 Å². The Bertz CT molecular complexity index is 553. The van der Waals surface area contributed by atoms with Gasteiger partial charge in [-0.05, 0) is 56.8 Å². The van der Waals surface area contributed by atoms with Crippen LogP contribution in [0.5, 0.6) is 0 Å². The van der Waals surface area contributed by atoms with E-state index in [1.165, 1.54) is 5.57 Å². The molecule has 0 aliphatic heterocycles. The fourth-order valence-electron chi connectivity index (χ4n) is 6.42. The molecule has 122 valence electrons. The number of hydrogen-bond donors (Lipinski definition) is 2. The molecule has 0 amide bonds. The van der Waals surface area contributed by atoms with E-state index >= 15 is 0 Å². The Morgan fingerprint density at radius 2 is 1.77 bits per heavy atom.